The van der Waals surface area contributed by atoms with Crippen molar-refractivity contribution in [2.45, 2.75) is 20.3 Å². The molecule has 142 valence electrons. The molecule has 1 aromatic rings. The van der Waals surface area contributed by atoms with Gasteiger partial charge < -0.3 is 25.0 Å². The second-order valence-electron chi connectivity index (χ2n) is 5.53. The third-order valence-corrected chi connectivity index (χ3v) is 3.94. The fraction of sp³-hybridized carbons (Fsp3) is 0.474. The molecule has 0 unspecified atom stereocenters. The van der Waals surface area contributed by atoms with Crippen molar-refractivity contribution >= 4 is 11.6 Å². The summed E-state index contributed by atoms with van der Waals surface area (Å²) < 4.78 is 10.4. The second-order valence-corrected chi connectivity index (χ2v) is 5.53. The van der Waals surface area contributed by atoms with Gasteiger partial charge in [-0.1, -0.05) is 13.8 Å². The van der Waals surface area contributed by atoms with Crippen LogP contribution in [-0.4, -0.2) is 51.2 Å². The summed E-state index contributed by atoms with van der Waals surface area (Å²) >= 11 is 0. The standard InChI is InChI=1S/C19H28N4O3/c1-5-23(6-2)11-7-10-21-14-15(13-20)19(24)22-16-8-9-17(25-3)18(12-16)26-4/h8-9,12,14,21H,5-7,10-11H2,1-4H3,(H,22,24)/b15-14-. The SMILES string of the molecule is CCN(CC)CCCN/C=C(/C#N)C(=O)Nc1ccc(OC)c(OC)c1. The first-order chi connectivity index (χ1) is 12.6. The number of amides is 1. The molecule has 0 aromatic heterocycles. The molecule has 0 spiro atoms. The molecule has 0 saturated carbocycles. The summed E-state index contributed by atoms with van der Waals surface area (Å²) in [5.41, 5.74) is 0.540. The quantitative estimate of drug-likeness (QED) is 0.358. The summed E-state index contributed by atoms with van der Waals surface area (Å²) in [6.07, 6.45) is 2.40. The number of methoxy groups -OCH3 is 2. The molecule has 1 aromatic carbocycles. The first kappa shape index (κ1) is 21.3. The number of nitrogens with one attached hydrogen (secondary N) is 2. The van der Waals surface area contributed by atoms with Crippen LogP contribution in [0.1, 0.15) is 20.3 Å². The molecule has 0 fully saturated rings. The van der Waals surface area contributed by atoms with E-state index in [9.17, 15) is 10.1 Å². The molecule has 1 rings (SSSR count). The van der Waals surface area contributed by atoms with E-state index in [2.05, 4.69) is 29.4 Å². The van der Waals surface area contributed by atoms with Gasteiger partial charge >= 0.3 is 0 Å². The summed E-state index contributed by atoms with van der Waals surface area (Å²) in [4.78, 5) is 14.6. The Morgan fingerprint density at radius 2 is 1.92 bits per heavy atom. The van der Waals surface area contributed by atoms with Crippen molar-refractivity contribution in [2.75, 3.05) is 45.7 Å². The van der Waals surface area contributed by atoms with E-state index in [1.165, 1.54) is 13.3 Å². The molecule has 0 aliphatic rings. The first-order valence-corrected chi connectivity index (χ1v) is 8.68. The fourth-order valence-corrected chi connectivity index (χ4v) is 2.38. The van der Waals surface area contributed by atoms with Gasteiger partial charge in [-0.2, -0.15) is 5.26 Å². The third-order valence-electron chi connectivity index (χ3n) is 3.94. The second kappa shape index (κ2) is 11.8. The van der Waals surface area contributed by atoms with Gasteiger partial charge in [-0.15, -0.1) is 0 Å². The maximum Gasteiger partial charge on any atom is 0.267 e. The van der Waals surface area contributed by atoms with E-state index in [1.54, 1.807) is 25.3 Å². The van der Waals surface area contributed by atoms with Gasteiger partial charge in [0.05, 0.1) is 14.2 Å². The Hall–Kier alpha value is -2.72. The van der Waals surface area contributed by atoms with Crippen molar-refractivity contribution in [1.82, 2.24) is 10.2 Å². The van der Waals surface area contributed by atoms with E-state index >= 15 is 0 Å². The van der Waals surface area contributed by atoms with Crippen LogP contribution in [0, 0.1) is 11.3 Å². The van der Waals surface area contributed by atoms with Crippen LogP contribution >= 0.6 is 0 Å². The predicted octanol–water partition coefficient (Wildman–Crippen LogP) is 2.37. The molecule has 2 N–H and O–H groups in total. The zero-order chi connectivity index (χ0) is 19.4. The molecule has 7 heteroatoms. The normalized spacial score (nSPS) is 11.0. The van der Waals surface area contributed by atoms with Gasteiger partial charge in [-0.05, 0) is 38.2 Å². The number of hydrogen-bond donors (Lipinski definition) is 2. The molecule has 0 heterocycles. The van der Waals surface area contributed by atoms with Gasteiger partial charge in [0.15, 0.2) is 11.5 Å². The number of rotatable bonds is 11. The van der Waals surface area contributed by atoms with Crippen LogP contribution in [0.3, 0.4) is 0 Å². The van der Waals surface area contributed by atoms with Crippen LogP contribution in [0.2, 0.25) is 0 Å². The Bertz CT molecular complexity index is 649. The zero-order valence-corrected chi connectivity index (χ0v) is 16.0. The lowest BCUT2D eigenvalue weighted by atomic mass is 10.2. The van der Waals surface area contributed by atoms with Crippen molar-refractivity contribution in [1.29, 1.82) is 5.26 Å². The van der Waals surface area contributed by atoms with Crippen molar-refractivity contribution in [3.63, 3.8) is 0 Å². The molecule has 0 radical (unpaired) electrons. The smallest absolute Gasteiger partial charge is 0.267 e. The minimum Gasteiger partial charge on any atom is -0.493 e. The highest BCUT2D eigenvalue weighted by atomic mass is 16.5. The van der Waals surface area contributed by atoms with Gasteiger partial charge in [-0.25, -0.2) is 0 Å². The highest BCUT2D eigenvalue weighted by Crippen LogP contribution is 2.29. The number of nitrogens with zero attached hydrogens (tertiary/aromatic N) is 2. The number of carbonyl (C=O) groups is 1. The van der Waals surface area contributed by atoms with Crippen LogP contribution < -0.4 is 20.1 Å². The molecule has 0 bridgehead atoms. The van der Waals surface area contributed by atoms with Gasteiger partial charge in [-0.3, -0.25) is 4.79 Å². The Morgan fingerprint density at radius 3 is 2.50 bits per heavy atom. The van der Waals surface area contributed by atoms with Crippen LogP contribution in [-0.2, 0) is 4.79 Å². The molecular formula is C19H28N4O3. The lowest BCUT2D eigenvalue weighted by molar-refractivity contribution is -0.112. The number of hydrogen-bond acceptors (Lipinski definition) is 6. The van der Waals surface area contributed by atoms with Gasteiger partial charge in [0.2, 0.25) is 0 Å². The van der Waals surface area contributed by atoms with Crippen LogP contribution in [0.4, 0.5) is 5.69 Å². The molecule has 1 amide bonds. The summed E-state index contributed by atoms with van der Waals surface area (Å²) in [5, 5.41) is 14.9. The Balaban J connectivity index is 2.59. The molecule has 0 saturated heterocycles. The summed E-state index contributed by atoms with van der Waals surface area (Å²) in [6.45, 7) is 7.97. The van der Waals surface area contributed by atoms with E-state index in [0.717, 1.165) is 26.1 Å². The fourth-order valence-electron chi connectivity index (χ4n) is 2.38. The Labute approximate surface area is 155 Å². The molecule has 0 atom stereocenters. The Morgan fingerprint density at radius 1 is 1.23 bits per heavy atom. The topological polar surface area (TPSA) is 86.6 Å². The lowest BCUT2D eigenvalue weighted by Gasteiger charge is -2.17. The van der Waals surface area contributed by atoms with E-state index < -0.39 is 5.91 Å². The van der Waals surface area contributed by atoms with Crippen molar-refractivity contribution < 1.29 is 14.3 Å². The number of anilines is 1. The van der Waals surface area contributed by atoms with Crippen LogP contribution in [0.5, 0.6) is 11.5 Å². The minimum absolute atomic E-state index is 0.0163. The number of carbonyl (C=O) groups excluding carboxylic acids is 1. The van der Waals surface area contributed by atoms with Crippen LogP contribution in [0.25, 0.3) is 0 Å². The van der Waals surface area contributed by atoms with E-state index in [4.69, 9.17) is 9.47 Å². The van der Waals surface area contributed by atoms with Crippen molar-refractivity contribution in [2.24, 2.45) is 0 Å². The zero-order valence-electron chi connectivity index (χ0n) is 16.0. The molecule has 0 aliphatic carbocycles. The number of ether oxygens (including phenoxy) is 2. The monoisotopic (exact) mass is 360 g/mol. The highest BCUT2D eigenvalue weighted by molar-refractivity contribution is 6.06. The maximum atomic E-state index is 12.2. The molecular weight excluding hydrogens is 332 g/mol. The average molecular weight is 360 g/mol. The van der Waals surface area contributed by atoms with Gasteiger partial charge in [0.25, 0.3) is 5.91 Å². The maximum absolute atomic E-state index is 12.2. The minimum atomic E-state index is -0.476. The summed E-state index contributed by atoms with van der Waals surface area (Å²) in [7, 11) is 3.06. The molecule has 7 nitrogen and oxygen atoms in total. The highest BCUT2D eigenvalue weighted by Gasteiger charge is 2.11. The number of nitriles is 1. The van der Waals surface area contributed by atoms with E-state index in [1.807, 2.05) is 6.07 Å². The van der Waals surface area contributed by atoms with Crippen LogP contribution in [0.15, 0.2) is 30.0 Å². The lowest BCUT2D eigenvalue weighted by Crippen LogP contribution is -2.26. The first-order valence-electron chi connectivity index (χ1n) is 8.68. The third kappa shape index (κ3) is 6.65. The summed E-state index contributed by atoms with van der Waals surface area (Å²) in [6, 6.07) is 6.93. The largest absolute Gasteiger partial charge is 0.493 e. The van der Waals surface area contributed by atoms with E-state index in [0.29, 0.717) is 23.7 Å². The van der Waals surface area contributed by atoms with Crippen molar-refractivity contribution in [3.8, 4) is 17.6 Å². The van der Waals surface area contributed by atoms with E-state index in [-0.39, 0.29) is 5.57 Å². The van der Waals surface area contributed by atoms with Crippen molar-refractivity contribution in [3.05, 3.63) is 30.0 Å². The average Bonchev–Trinajstić information content (AvgIpc) is 2.67. The molecule has 26 heavy (non-hydrogen) atoms. The summed E-state index contributed by atoms with van der Waals surface area (Å²) in [5.74, 6) is 0.592. The molecule has 0 aliphatic heterocycles. The van der Waals surface area contributed by atoms with Gasteiger partial charge in [0.1, 0.15) is 11.6 Å². The van der Waals surface area contributed by atoms with Gasteiger partial charge in [0, 0.05) is 24.5 Å². The Kier molecular flexibility index (Phi) is 9.65. The predicted molar refractivity (Wildman–Crippen MR) is 102 cm³/mol. The number of benzene rings is 1.